The first-order valence-corrected chi connectivity index (χ1v) is 11.3. The lowest BCUT2D eigenvalue weighted by Crippen LogP contribution is -2.28. The molecule has 0 aliphatic carbocycles. The van der Waals surface area contributed by atoms with Crippen molar-refractivity contribution in [3.05, 3.63) is 90.3 Å². The summed E-state index contributed by atoms with van der Waals surface area (Å²) in [5, 5.41) is 5.97. The van der Waals surface area contributed by atoms with E-state index in [1.807, 2.05) is 90.3 Å². The van der Waals surface area contributed by atoms with Gasteiger partial charge in [0, 0.05) is 40.8 Å². The molecule has 1 N–H and O–H groups in total. The molecule has 0 radical (unpaired) electrons. The Kier molecular flexibility index (Phi) is 5.52. The maximum atomic E-state index is 12.9. The Morgan fingerprint density at radius 2 is 1.66 bits per heavy atom. The van der Waals surface area contributed by atoms with Crippen molar-refractivity contribution in [2.24, 2.45) is 5.92 Å². The Morgan fingerprint density at radius 3 is 2.44 bits per heavy atom. The van der Waals surface area contributed by atoms with E-state index < -0.39 is 0 Å². The number of carbonyl (C=O) groups excluding carboxylic acids is 2. The third-order valence-corrected chi connectivity index (χ3v) is 6.41. The summed E-state index contributed by atoms with van der Waals surface area (Å²) in [7, 11) is 0. The number of rotatable bonds is 5. The number of hydrogen-bond donors (Lipinski definition) is 1. The lowest BCUT2D eigenvalue weighted by atomic mass is 10.1. The van der Waals surface area contributed by atoms with Crippen molar-refractivity contribution in [1.29, 1.82) is 0 Å². The van der Waals surface area contributed by atoms with Crippen LogP contribution in [0.5, 0.6) is 0 Å². The number of para-hydroxylation sites is 1. The van der Waals surface area contributed by atoms with Crippen molar-refractivity contribution in [2.75, 3.05) is 16.8 Å². The molecule has 1 saturated heterocycles. The van der Waals surface area contributed by atoms with Gasteiger partial charge in [0.15, 0.2) is 0 Å². The third kappa shape index (κ3) is 4.18. The molecular weight excluding hydrogens is 418 g/mol. The highest BCUT2D eigenvalue weighted by Crippen LogP contribution is 2.30. The predicted molar refractivity (Wildman–Crippen MR) is 129 cm³/mol. The van der Waals surface area contributed by atoms with E-state index >= 15 is 0 Å². The van der Waals surface area contributed by atoms with Gasteiger partial charge in [0.05, 0.1) is 11.6 Å². The second-order valence-corrected chi connectivity index (χ2v) is 8.57. The Bertz CT molecular complexity index is 1250. The molecule has 1 unspecified atom stereocenters. The van der Waals surface area contributed by atoms with E-state index in [9.17, 15) is 9.59 Å². The smallest absolute Gasteiger partial charge is 0.229 e. The fourth-order valence-corrected chi connectivity index (χ4v) is 4.70. The van der Waals surface area contributed by atoms with Gasteiger partial charge in [-0.2, -0.15) is 0 Å². The van der Waals surface area contributed by atoms with Gasteiger partial charge in [-0.25, -0.2) is 4.98 Å². The molecule has 5 nitrogen and oxygen atoms in total. The Labute approximate surface area is 190 Å². The molecule has 5 rings (SSSR count). The summed E-state index contributed by atoms with van der Waals surface area (Å²) in [5.74, 6) is -0.548. The molecule has 158 valence electrons. The van der Waals surface area contributed by atoms with Crippen LogP contribution >= 0.6 is 11.3 Å². The highest BCUT2D eigenvalue weighted by atomic mass is 32.1. The van der Waals surface area contributed by atoms with Gasteiger partial charge in [0.1, 0.15) is 5.01 Å². The largest absolute Gasteiger partial charge is 0.326 e. The standard InChI is InChI=1S/C26H21N3O2S/c30-24-15-20(16-29(24)22-12-5-2-6-13-22)25(31)27-21-11-7-10-19(14-21)23-17-32-26(28-23)18-8-3-1-4-9-18/h1-14,17,20H,15-16H2,(H,27,31). The van der Waals surface area contributed by atoms with Crippen LogP contribution in [0.2, 0.25) is 0 Å². The normalized spacial score (nSPS) is 15.7. The minimum Gasteiger partial charge on any atom is -0.326 e. The maximum absolute atomic E-state index is 12.9. The number of nitrogens with zero attached hydrogens (tertiary/aromatic N) is 2. The van der Waals surface area contributed by atoms with Gasteiger partial charge in [-0.15, -0.1) is 11.3 Å². The molecule has 6 heteroatoms. The van der Waals surface area contributed by atoms with Gasteiger partial charge in [0.2, 0.25) is 11.8 Å². The Morgan fingerprint density at radius 1 is 0.938 bits per heavy atom. The molecule has 0 spiro atoms. The lowest BCUT2D eigenvalue weighted by Gasteiger charge is -2.16. The van der Waals surface area contributed by atoms with Crippen LogP contribution < -0.4 is 10.2 Å². The maximum Gasteiger partial charge on any atom is 0.229 e. The summed E-state index contributed by atoms with van der Waals surface area (Å²) in [5.41, 5.74) is 4.42. The molecule has 1 aliphatic heterocycles. The van der Waals surface area contributed by atoms with E-state index in [4.69, 9.17) is 4.98 Å². The number of amides is 2. The van der Waals surface area contributed by atoms with E-state index in [0.29, 0.717) is 12.2 Å². The van der Waals surface area contributed by atoms with Crippen molar-refractivity contribution in [3.8, 4) is 21.8 Å². The minimum atomic E-state index is -0.379. The van der Waals surface area contributed by atoms with E-state index in [1.54, 1.807) is 16.2 Å². The molecule has 32 heavy (non-hydrogen) atoms. The number of carbonyl (C=O) groups is 2. The van der Waals surface area contributed by atoms with Crippen LogP contribution in [0.25, 0.3) is 21.8 Å². The average molecular weight is 440 g/mol. The number of aromatic nitrogens is 1. The first-order valence-electron chi connectivity index (χ1n) is 10.4. The summed E-state index contributed by atoms with van der Waals surface area (Å²) in [6, 6.07) is 27.2. The zero-order valence-corrected chi connectivity index (χ0v) is 18.1. The molecule has 1 aromatic heterocycles. The van der Waals surface area contributed by atoms with Crippen LogP contribution in [-0.4, -0.2) is 23.3 Å². The highest BCUT2D eigenvalue weighted by molar-refractivity contribution is 7.13. The summed E-state index contributed by atoms with van der Waals surface area (Å²) in [4.78, 5) is 31.7. The molecule has 2 amide bonds. The molecule has 4 aromatic rings. The molecule has 1 fully saturated rings. The topological polar surface area (TPSA) is 62.3 Å². The molecule has 1 aliphatic rings. The predicted octanol–water partition coefficient (Wildman–Crippen LogP) is 5.47. The van der Waals surface area contributed by atoms with Gasteiger partial charge in [0.25, 0.3) is 0 Å². The van der Waals surface area contributed by atoms with Crippen LogP contribution in [0.1, 0.15) is 6.42 Å². The van der Waals surface area contributed by atoms with Crippen LogP contribution in [0.3, 0.4) is 0 Å². The molecular formula is C26H21N3O2S. The Hall–Kier alpha value is -3.77. The first kappa shape index (κ1) is 20.2. The summed E-state index contributed by atoms with van der Waals surface area (Å²) in [6.45, 7) is 0.390. The lowest BCUT2D eigenvalue weighted by molar-refractivity contribution is -0.122. The van der Waals surface area contributed by atoms with E-state index in [1.165, 1.54) is 0 Å². The third-order valence-electron chi connectivity index (χ3n) is 5.51. The Balaban J connectivity index is 1.29. The first-order chi connectivity index (χ1) is 15.7. The monoisotopic (exact) mass is 439 g/mol. The van der Waals surface area contributed by atoms with E-state index in [0.717, 1.165) is 27.5 Å². The number of hydrogen-bond acceptors (Lipinski definition) is 4. The fraction of sp³-hybridized carbons (Fsp3) is 0.115. The number of nitrogens with one attached hydrogen (secondary N) is 1. The molecule has 1 atom stereocenters. The van der Waals surface area contributed by atoms with Crippen LogP contribution in [0.15, 0.2) is 90.3 Å². The van der Waals surface area contributed by atoms with Gasteiger partial charge in [-0.05, 0) is 24.3 Å². The molecule has 0 saturated carbocycles. The van der Waals surface area contributed by atoms with Crippen molar-refractivity contribution < 1.29 is 9.59 Å². The minimum absolute atomic E-state index is 0.0268. The number of thiazole rings is 1. The number of anilines is 2. The van der Waals surface area contributed by atoms with Gasteiger partial charge in [-0.1, -0.05) is 60.7 Å². The zero-order valence-electron chi connectivity index (χ0n) is 17.3. The molecule has 0 bridgehead atoms. The second-order valence-electron chi connectivity index (χ2n) is 7.71. The van der Waals surface area contributed by atoms with Crippen LogP contribution in [0, 0.1) is 5.92 Å². The van der Waals surface area contributed by atoms with Crippen molar-refractivity contribution in [2.45, 2.75) is 6.42 Å². The van der Waals surface area contributed by atoms with Gasteiger partial charge in [-0.3, -0.25) is 9.59 Å². The van der Waals surface area contributed by atoms with Gasteiger partial charge >= 0.3 is 0 Å². The van der Waals surface area contributed by atoms with Crippen LogP contribution in [-0.2, 0) is 9.59 Å². The quantitative estimate of drug-likeness (QED) is 0.449. The van der Waals surface area contributed by atoms with Crippen molar-refractivity contribution in [1.82, 2.24) is 4.98 Å². The zero-order chi connectivity index (χ0) is 21.9. The summed E-state index contributed by atoms with van der Waals surface area (Å²) in [6.07, 6.45) is 0.215. The molecule has 2 heterocycles. The fourth-order valence-electron chi connectivity index (χ4n) is 3.86. The highest BCUT2D eigenvalue weighted by Gasteiger charge is 2.35. The number of benzene rings is 3. The summed E-state index contributed by atoms with van der Waals surface area (Å²) >= 11 is 1.59. The second kappa shape index (κ2) is 8.77. The molecule has 3 aromatic carbocycles. The average Bonchev–Trinajstić information content (AvgIpc) is 3.48. The SMILES string of the molecule is O=C(Nc1cccc(-c2csc(-c3ccccc3)n2)c1)C1CC(=O)N(c2ccccc2)C1. The van der Waals surface area contributed by atoms with Crippen molar-refractivity contribution in [3.63, 3.8) is 0 Å². The van der Waals surface area contributed by atoms with E-state index in [2.05, 4.69) is 5.32 Å². The van der Waals surface area contributed by atoms with Gasteiger partial charge < -0.3 is 10.2 Å². The van der Waals surface area contributed by atoms with Crippen LogP contribution in [0.4, 0.5) is 11.4 Å². The summed E-state index contributed by atoms with van der Waals surface area (Å²) < 4.78 is 0. The van der Waals surface area contributed by atoms with E-state index in [-0.39, 0.29) is 24.2 Å². The van der Waals surface area contributed by atoms with Crippen molar-refractivity contribution >= 4 is 34.5 Å².